The van der Waals surface area contributed by atoms with Gasteiger partial charge in [0.05, 0.1) is 5.69 Å². The second kappa shape index (κ2) is 3.45. The molecule has 6 heteroatoms. The van der Waals surface area contributed by atoms with Crippen LogP contribution in [-0.2, 0) is 6.18 Å². The van der Waals surface area contributed by atoms with E-state index in [9.17, 15) is 13.2 Å². The molecule has 0 bridgehead atoms. The molecular formula is C7H7F3N2S. The van der Waals surface area contributed by atoms with Gasteiger partial charge in [-0.2, -0.15) is 13.2 Å². The highest BCUT2D eigenvalue weighted by Gasteiger charge is 2.32. The van der Waals surface area contributed by atoms with Crippen molar-refractivity contribution in [3.8, 4) is 0 Å². The number of nitrogen functional groups attached to an aromatic ring is 1. The molecule has 72 valence electrons. The predicted molar refractivity (Wildman–Crippen MR) is 45.4 cm³/mol. The minimum atomic E-state index is -4.40. The quantitative estimate of drug-likeness (QED) is 0.720. The average Bonchev–Trinajstić information content (AvgIpc) is 2.03. The molecule has 0 aliphatic heterocycles. The first-order chi connectivity index (χ1) is 5.95. The number of thioether (sulfide) groups is 1. The maximum Gasteiger partial charge on any atom is 0.433 e. The lowest BCUT2D eigenvalue weighted by atomic mass is 10.3. The highest BCUT2D eigenvalue weighted by Crippen LogP contribution is 2.30. The van der Waals surface area contributed by atoms with Crippen molar-refractivity contribution in [3.05, 3.63) is 17.8 Å². The molecule has 13 heavy (non-hydrogen) atoms. The Labute approximate surface area is 77.3 Å². The van der Waals surface area contributed by atoms with Crippen LogP contribution in [0.5, 0.6) is 0 Å². The van der Waals surface area contributed by atoms with Gasteiger partial charge in [0, 0.05) is 0 Å². The van der Waals surface area contributed by atoms with Crippen molar-refractivity contribution in [2.45, 2.75) is 11.2 Å². The van der Waals surface area contributed by atoms with Crippen LogP contribution in [0.4, 0.5) is 18.9 Å². The molecule has 0 aliphatic carbocycles. The number of halogens is 3. The van der Waals surface area contributed by atoms with Gasteiger partial charge in [-0.15, -0.1) is 11.8 Å². The Balaban J connectivity index is 3.14. The van der Waals surface area contributed by atoms with Crippen molar-refractivity contribution in [1.82, 2.24) is 4.98 Å². The Morgan fingerprint density at radius 1 is 1.38 bits per heavy atom. The lowest BCUT2D eigenvalue weighted by Crippen LogP contribution is -2.09. The number of rotatable bonds is 1. The lowest BCUT2D eigenvalue weighted by Gasteiger charge is -2.07. The average molecular weight is 208 g/mol. The summed E-state index contributed by atoms with van der Waals surface area (Å²) in [4.78, 5) is 3.38. The van der Waals surface area contributed by atoms with Gasteiger partial charge in [-0.3, -0.25) is 0 Å². The summed E-state index contributed by atoms with van der Waals surface area (Å²) in [5.74, 6) is 0. The summed E-state index contributed by atoms with van der Waals surface area (Å²) >= 11 is 1.09. The zero-order valence-electron chi connectivity index (χ0n) is 6.72. The van der Waals surface area contributed by atoms with Crippen molar-refractivity contribution in [2.75, 3.05) is 12.0 Å². The molecule has 0 fully saturated rings. The smallest absolute Gasteiger partial charge is 0.397 e. The van der Waals surface area contributed by atoms with Crippen LogP contribution in [0.1, 0.15) is 5.69 Å². The molecule has 0 unspecified atom stereocenters. The molecule has 0 aliphatic rings. The van der Waals surface area contributed by atoms with Crippen LogP contribution >= 0.6 is 11.8 Å². The summed E-state index contributed by atoms with van der Waals surface area (Å²) in [5, 5.41) is 0.204. The van der Waals surface area contributed by atoms with Crippen LogP contribution in [0.25, 0.3) is 0 Å². The maximum absolute atomic E-state index is 12.1. The van der Waals surface area contributed by atoms with E-state index in [-0.39, 0.29) is 10.7 Å². The van der Waals surface area contributed by atoms with Crippen molar-refractivity contribution < 1.29 is 13.2 Å². The molecule has 1 rings (SSSR count). The molecule has 0 amide bonds. The Hall–Kier alpha value is -0.910. The van der Waals surface area contributed by atoms with Crippen LogP contribution in [0.2, 0.25) is 0 Å². The van der Waals surface area contributed by atoms with Gasteiger partial charge >= 0.3 is 6.18 Å². The summed E-state index contributed by atoms with van der Waals surface area (Å²) in [5.41, 5.74) is 4.75. The second-order valence-corrected chi connectivity index (χ2v) is 3.09. The topological polar surface area (TPSA) is 38.9 Å². The molecule has 0 aromatic carbocycles. The van der Waals surface area contributed by atoms with E-state index in [0.29, 0.717) is 0 Å². The molecule has 2 N–H and O–H groups in total. The van der Waals surface area contributed by atoms with Crippen molar-refractivity contribution in [3.63, 3.8) is 0 Å². The van der Waals surface area contributed by atoms with Gasteiger partial charge in [-0.25, -0.2) is 4.98 Å². The summed E-state index contributed by atoms with van der Waals surface area (Å²) in [6, 6.07) is 2.08. The summed E-state index contributed by atoms with van der Waals surface area (Å²) in [6.45, 7) is 0. The zero-order chi connectivity index (χ0) is 10.1. The molecule has 1 aromatic heterocycles. The predicted octanol–water partition coefficient (Wildman–Crippen LogP) is 2.40. The number of anilines is 1. The van der Waals surface area contributed by atoms with Gasteiger partial charge in [-0.1, -0.05) is 0 Å². The van der Waals surface area contributed by atoms with Crippen molar-refractivity contribution in [1.29, 1.82) is 0 Å². The highest BCUT2D eigenvalue weighted by atomic mass is 32.2. The van der Waals surface area contributed by atoms with Crippen molar-refractivity contribution >= 4 is 17.4 Å². The first-order valence-corrected chi connectivity index (χ1v) is 4.55. The molecule has 0 radical (unpaired) electrons. The summed E-state index contributed by atoms with van der Waals surface area (Å²) < 4.78 is 36.4. The normalized spacial score (nSPS) is 11.7. The van der Waals surface area contributed by atoms with E-state index in [0.717, 1.165) is 17.8 Å². The van der Waals surface area contributed by atoms with E-state index in [1.165, 1.54) is 6.07 Å². The first kappa shape index (κ1) is 10.2. The fourth-order valence-corrected chi connectivity index (χ4v) is 1.27. The Morgan fingerprint density at radius 3 is 2.46 bits per heavy atom. The standard InChI is InChI=1S/C7H7F3N2S/c1-13-6-4(11)2-3-5(12-6)7(8,9)10/h2-3H,11H2,1H3. The molecule has 2 nitrogen and oxygen atoms in total. The van der Waals surface area contributed by atoms with E-state index < -0.39 is 11.9 Å². The fraction of sp³-hybridized carbons (Fsp3) is 0.286. The first-order valence-electron chi connectivity index (χ1n) is 3.33. The molecule has 1 heterocycles. The third kappa shape index (κ3) is 2.27. The Morgan fingerprint density at radius 2 is 2.00 bits per heavy atom. The van der Waals surface area contributed by atoms with E-state index in [1.807, 2.05) is 0 Å². The highest BCUT2D eigenvalue weighted by molar-refractivity contribution is 7.98. The molecule has 1 aromatic rings. The van der Waals surface area contributed by atoms with E-state index in [2.05, 4.69) is 4.98 Å². The molecule has 0 atom stereocenters. The number of aromatic nitrogens is 1. The fourth-order valence-electron chi connectivity index (χ4n) is 0.773. The Bertz CT molecular complexity index is 311. The van der Waals surface area contributed by atoms with Gasteiger partial charge in [-0.05, 0) is 18.4 Å². The zero-order valence-corrected chi connectivity index (χ0v) is 7.54. The third-order valence-electron chi connectivity index (χ3n) is 1.37. The van der Waals surface area contributed by atoms with Gasteiger partial charge in [0.25, 0.3) is 0 Å². The minimum absolute atomic E-state index is 0.204. The molecule has 0 spiro atoms. The van der Waals surface area contributed by atoms with Crippen LogP contribution in [0.15, 0.2) is 17.2 Å². The summed E-state index contributed by atoms with van der Waals surface area (Å²) in [6.07, 6.45) is -2.78. The maximum atomic E-state index is 12.1. The third-order valence-corrected chi connectivity index (χ3v) is 2.09. The van der Waals surface area contributed by atoms with Gasteiger partial charge in [0.15, 0.2) is 0 Å². The number of hydrogen-bond donors (Lipinski definition) is 1. The SMILES string of the molecule is CSc1nc(C(F)(F)F)ccc1N. The van der Waals surface area contributed by atoms with Crippen molar-refractivity contribution in [2.24, 2.45) is 0 Å². The van der Waals surface area contributed by atoms with Gasteiger partial charge < -0.3 is 5.73 Å². The van der Waals surface area contributed by atoms with Crippen LogP contribution in [0, 0.1) is 0 Å². The monoisotopic (exact) mass is 208 g/mol. The van der Waals surface area contributed by atoms with Crippen LogP contribution in [0.3, 0.4) is 0 Å². The van der Waals surface area contributed by atoms with Gasteiger partial charge in [0.1, 0.15) is 10.7 Å². The lowest BCUT2D eigenvalue weighted by molar-refractivity contribution is -0.141. The number of nitrogens with zero attached hydrogens (tertiary/aromatic N) is 1. The number of nitrogens with two attached hydrogens (primary N) is 1. The second-order valence-electron chi connectivity index (χ2n) is 2.29. The van der Waals surface area contributed by atoms with Gasteiger partial charge in [0.2, 0.25) is 0 Å². The van der Waals surface area contributed by atoms with E-state index in [1.54, 1.807) is 6.26 Å². The van der Waals surface area contributed by atoms with Crippen LogP contribution < -0.4 is 5.73 Å². The van der Waals surface area contributed by atoms with E-state index >= 15 is 0 Å². The number of hydrogen-bond acceptors (Lipinski definition) is 3. The summed E-state index contributed by atoms with van der Waals surface area (Å²) in [7, 11) is 0. The van der Waals surface area contributed by atoms with E-state index in [4.69, 9.17) is 5.73 Å². The number of alkyl halides is 3. The number of pyridine rings is 1. The molecule has 0 saturated heterocycles. The minimum Gasteiger partial charge on any atom is -0.397 e. The molecule has 0 saturated carbocycles. The molecular weight excluding hydrogens is 201 g/mol. The largest absolute Gasteiger partial charge is 0.433 e. The van der Waals surface area contributed by atoms with Crippen LogP contribution in [-0.4, -0.2) is 11.2 Å². The Kier molecular flexibility index (Phi) is 2.70.